The zero-order valence-electron chi connectivity index (χ0n) is 16.3. The van der Waals surface area contributed by atoms with Crippen LogP contribution in [0.4, 0.5) is 11.4 Å². The van der Waals surface area contributed by atoms with Gasteiger partial charge in [0.25, 0.3) is 0 Å². The molecule has 0 amide bonds. The van der Waals surface area contributed by atoms with Gasteiger partial charge in [-0.15, -0.1) is 0 Å². The number of nitrogen functional groups attached to an aromatic ring is 1. The van der Waals surface area contributed by atoms with E-state index in [0.29, 0.717) is 46.1 Å². The number of nitrogens with zero attached hydrogens (tertiary/aromatic N) is 1. The molecule has 27 heavy (non-hydrogen) atoms. The molecule has 0 saturated heterocycles. The Hall–Kier alpha value is -2.73. The number of aromatic nitrogens is 1. The first-order valence-corrected chi connectivity index (χ1v) is 9.36. The molecule has 0 aliphatic carbocycles. The Morgan fingerprint density at radius 3 is 2.52 bits per heavy atom. The van der Waals surface area contributed by atoms with Crippen LogP contribution in [0, 0.1) is 0 Å². The fraction of sp³-hybridized carbons (Fsp3) is 0.381. The molecule has 144 valence electrons. The highest BCUT2D eigenvalue weighted by atomic mass is 16.3. The van der Waals surface area contributed by atoms with E-state index in [9.17, 15) is 9.90 Å². The summed E-state index contributed by atoms with van der Waals surface area (Å²) in [4.78, 5) is 18.7. The molecule has 0 atom stereocenters. The van der Waals surface area contributed by atoms with Gasteiger partial charge in [0.2, 0.25) is 0 Å². The molecule has 0 fully saturated rings. The Bertz CT molecular complexity index is 1020. The normalized spacial score (nSPS) is 12.0. The molecule has 5 N–H and O–H groups in total. The van der Waals surface area contributed by atoms with Crippen molar-refractivity contribution in [3.8, 4) is 5.75 Å². The fourth-order valence-corrected chi connectivity index (χ4v) is 3.67. The van der Waals surface area contributed by atoms with E-state index in [1.165, 1.54) is 6.07 Å². The number of H-pyrrole nitrogens is 1. The lowest BCUT2D eigenvalue weighted by Crippen LogP contribution is -2.40. The number of benzene rings is 2. The first-order chi connectivity index (χ1) is 12.8. The molecular formula is C21H28N4O2. The van der Waals surface area contributed by atoms with Gasteiger partial charge in [-0.1, -0.05) is 0 Å². The van der Waals surface area contributed by atoms with Crippen molar-refractivity contribution in [2.45, 2.75) is 39.8 Å². The van der Waals surface area contributed by atoms with Gasteiger partial charge in [-0.3, -0.25) is 9.69 Å². The number of fused-ring (bicyclic) bond motifs is 2. The van der Waals surface area contributed by atoms with Crippen LogP contribution in [0.1, 0.15) is 27.7 Å². The van der Waals surface area contributed by atoms with E-state index in [-0.39, 0.29) is 11.2 Å². The van der Waals surface area contributed by atoms with Crippen molar-refractivity contribution >= 4 is 33.2 Å². The average molecular weight is 368 g/mol. The summed E-state index contributed by atoms with van der Waals surface area (Å²) in [6, 6.07) is 9.27. The number of rotatable bonds is 6. The van der Waals surface area contributed by atoms with Gasteiger partial charge < -0.3 is 21.1 Å². The standard InChI is InChI=1S/C21H28N4O2/c1-12(2)25(13(3)4)10-9-23-18-8-6-16(22)20-19(18)21(27)15-11-14(26)5-7-17(15)24-20/h5-8,11-13,23,26H,9-10,22H2,1-4H3,(H,24,27). The van der Waals surface area contributed by atoms with Gasteiger partial charge in [0.05, 0.1) is 22.1 Å². The van der Waals surface area contributed by atoms with E-state index < -0.39 is 0 Å². The van der Waals surface area contributed by atoms with Crippen LogP contribution in [-0.2, 0) is 0 Å². The van der Waals surface area contributed by atoms with Gasteiger partial charge in [0.15, 0.2) is 5.43 Å². The number of hydrogen-bond donors (Lipinski definition) is 4. The molecule has 0 bridgehead atoms. The van der Waals surface area contributed by atoms with Crippen molar-refractivity contribution in [2.75, 3.05) is 24.1 Å². The van der Waals surface area contributed by atoms with Gasteiger partial charge in [-0.2, -0.15) is 0 Å². The highest BCUT2D eigenvalue weighted by Crippen LogP contribution is 2.27. The summed E-state index contributed by atoms with van der Waals surface area (Å²) in [5, 5.41) is 14.1. The van der Waals surface area contributed by atoms with Crippen LogP contribution in [0.3, 0.4) is 0 Å². The van der Waals surface area contributed by atoms with Gasteiger partial charge in [0, 0.05) is 36.2 Å². The van der Waals surface area contributed by atoms with Crippen LogP contribution in [-0.4, -0.2) is 40.2 Å². The van der Waals surface area contributed by atoms with Crippen LogP contribution < -0.4 is 16.5 Å². The zero-order valence-corrected chi connectivity index (χ0v) is 16.3. The highest BCUT2D eigenvalue weighted by Gasteiger charge is 2.15. The lowest BCUT2D eigenvalue weighted by atomic mass is 10.1. The van der Waals surface area contributed by atoms with E-state index in [4.69, 9.17) is 5.73 Å². The summed E-state index contributed by atoms with van der Waals surface area (Å²) < 4.78 is 0. The van der Waals surface area contributed by atoms with Crippen molar-refractivity contribution < 1.29 is 5.11 Å². The predicted molar refractivity (Wildman–Crippen MR) is 114 cm³/mol. The van der Waals surface area contributed by atoms with Gasteiger partial charge in [-0.05, 0) is 58.0 Å². The fourth-order valence-electron chi connectivity index (χ4n) is 3.67. The van der Waals surface area contributed by atoms with Crippen molar-refractivity contribution in [1.29, 1.82) is 0 Å². The van der Waals surface area contributed by atoms with E-state index in [1.807, 2.05) is 6.07 Å². The van der Waals surface area contributed by atoms with Gasteiger partial charge >= 0.3 is 0 Å². The Kier molecular flexibility index (Phi) is 5.28. The molecule has 0 aliphatic rings. The van der Waals surface area contributed by atoms with E-state index in [0.717, 1.165) is 12.2 Å². The lowest BCUT2D eigenvalue weighted by molar-refractivity contribution is 0.182. The second-order valence-electron chi connectivity index (χ2n) is 7.49. The number of nitrogens with two attached hydrogens (primary N) is 1. The van der Waals surface area contributed by atoms with Crippen molar-refractivity contribution in [1.82, 2.24) is 9.88 Å². The number of phenols is 1. The third kappa shape index (κ3) is 3.71. The number of pyridine rings is 1. The van der Waals surface area contributed by atoms with Crippen molar-refractivity contribution in [2.24, 2.45) is 0 Å². The molecule has 6 nitrogen and oxygen atoms in total. The Balaban J connectivity index is 2.01. The maximum Gasteiger partial charge on any atom is 0.199 e. The van der Waals surface area contributed by atoms with Crippen LogP contribution in [0.2, 0.25) is 0 Å². The molecule has 3 rings (SSSR count). The summed E-state index contributed by atoms with van der Waals surface area (Å²) in [7, 11) is 0. The number of hydrogen-bond acceptors (Lipinski definition) is 5. The summed E-state index contributed by atoms with van der Waals surface area (Å²) in [6.07, 6.45) is 0. The Morgan fingerprint density at radius 1 is 1.15 bits per heavy atom. The first-order valence-electron chi connectivity index (χ1n) is 9.36. The first kappa shape index (κ1) is 19.0. The van der Waals surface area contributed by atoms with E-state index in [1.54, 1.807) is 18.2 Å². The van der Waals surface area contributed by atoms with Crippen LogP contribution in [0.15, 0.2) is 35.1 Å². The molecule has 1 heterocycles. The lowest BCUT2D eigenvalue weighted by Gasteiger charge is -2.30. The number of phenolic OH excluding ortho intramolecular Hbond substituents is 1. The largest absolute Gasteiger partial charge is 0.508 e. The number of aromatic amines is 1. The van der Waals surface area contributed by atoms with E-state index >= 15 is 0 Å². The molecule has 0 saturated carbocycles. The molecular weight excluding hydrogens is 340 g/mol. The molecule has 6 heteroatoms. The highest BCUT2D eigenvalue weighted by molar-refractivity contribution is 6.04. The number of nitrogens with one attached hydrogen (secondary N) is 2. The molecule has 3 aromatic rings. The molecule has 1 aromatic heterocycles. The van der Waals surface area contributed by atoms with Crippen LogP contribution in [0.25, 0.3) is 21.8 Å². The van der Waals surface area contributed by atoms with Crippen molar-refractivity contribution in [3.05, 3.63) is 40.6 Å². The average Bonchev–Trinajstić information content (AvgIpc) is 2.60. The summed E-state index contributed by atoms with van der Waals surface area (Å²) in [5.41, 5.74) is 8.51. The Labute approximate surface area is 159 Å². The third-order valence-electron chi connectivity index (χ3n) is 4.98. The minimum absolute atomic E-state index is 0.0651. The summed E-state index contributed by atoms with van der Waals surface area (Å²) in [6.45, 7) is 10.3. The van der Waals surface area contributed by atoms with E-state index in [2.05, 4.69) is 42.9 Å². The molecule has 0 unspecified atom stereocenters. The predicted octanol–water partition coefficient (Wildman–Crippen LogP) is 3.50. The third-order valence-corrected chi connectivity index (χ3v) is 4.98. The van der Waals surface area contributed by atoms with Gasteiger partial charge in [0.1, 0.15) is 5.75 Å². The quantitative estimate of drug-likeness (QED) is 0.395. The Morgan fingerprint density at radius 2 is 1.85 bits per heavy atom. The number of aromatic hydroxyl groups is 1. The minimum atomic E-state index is -0.144. The summed E-state index contributed by atoms with van der Waals surface area (Å²) >= 11 is 0. The monoisotopic (exact) mass is 368 g/mol. The van der Waals surface area contributed by atoms with Gasteiger partial charge in [-0.25, -0.2) is 0 Å². The molecule has 0 radical (unpaired) electrons. The zero-order chi connectivity index (χ0) is 19.7. The smallest absolute Gasteiger partial charge is 0.199 e. The molecule has 0 aliphatic heterocycles. The topological polar surface area (TPSA) is 94.4 Å². The van der Waals surface area contributed by atoms with Crippen LogP contribution in [0.5, 0.6) is 5.75 Å². The van der Waals surface area contributed by atoms with Crippen LogP contribution >= 0.6 is 0 Å². The van der Waals surface area contributed by atoms with Crippen molar-refractivity contribution in [3.63, 3.8) is 0 Å². The SMILES string of the molecule is CC(C)N(CCNc1ccc(N)c2[nH]c3ccc(O)cc3c(=O)c12)C(C)C. The second kappa shape index (κ2) is 7.48. The number of anilines is 2. The maximum atomic E-state index is 13.1. The minimum Gasteiger partial charge on any atom is -0.508 e. The summed E-state index contributed by atoms with van der Waals surface area (Å²) in [5.74, 6) is 0.0651. The maximum absolute atomic E-state index is 13.1. The molecule has 0 spiro atoms. The molecule has 2 aromatic carbocycles. The second-order valence-corrected chi connectivity index (χ2v) is 7.49.